The number of nitrogens with zero attached hydrogens (tertiary/aromatic N) is 1. The first-order valence-electron chi connectivity index (χ1n) is 3.68. The van der Waals surface area contributed by atoms with E-state index in [2.05, 4.69) is 12.6 Å². The topological polar surface area (TPSA) is 63.4 Å². The molecule has 0 aliphatic heterocycles. The van der Waals surface area contributed by atoms with E-state index < -0.39 is 4.92 Å². The van der Waals surface area contributed by atoms with Crippen molar-refractivity contribution >= 4 is 39.7 Å². The molecule has 0 spiro atoms. The summed E-state index contributed by atoms with van der Waals surface area (Å²) >= 11 is 5.45. The van der Waals surface area contributed by atoms with Crippen LogP contribution in [-0.4, -0.2) is 10.0 Å². The summed E-state index contributed by atoms with van der Waals surface area (Å²) in [6.45, 7) is 0. The van der Waals surface area contributed by atoms with E-state index >= 15 is 0 Å². The van der Waals surface area contributed by atoms with Crippen LogP contribution in [0.3, 0.4) is 0 Å². The van der Waals surface area contributed by atoms with Crippen molar-refractivity contribution in [2.45, 2.75) is 4.90 Å². The molecule has 0 unspecified atom stereocenters. The van der Waals surface area contributed by atoms with Crippen LogP contribution >= 0.6 is 24.0 Å². The number of thiol groups is 1. The molecule has 0 radical (unpaired) electrons. The average molecular weight is 227 g/mol. The van der Waals surface area contributed by atoms with Crippen molar-refractivity contribution in [1.29, 1.82) is 0 Å². The van der Waals surface area contributed by atoms with Gasteiger partial charge in [-0.1, -0.05) is 0 Å². The van der Waals surface area contributed by atoms with Crippen molar-refractivity contribution in [3.8, 4) is 5.75 Å². The van der Waals surface area contributed by atoms with Gasteiger partial charge in [0.15, 0.2) is 5.75 Å². The normalized spacial score (nSPS) is 10.6. The molecule has 14 heavy (non-hydrogen) atoms. The van der Waals surface area contributed by atoms with Gasteiger partial charge in [-0.25, -0.2) is 0 Å². The maximum atomic E-state index is 10.6. The fraction of sp³-hybridized carbons (Fsp3) is 0. The first-order chi connectivity index (χ1) is 6.61. The summed E-state index contributed by atoms with van der Waals surface area (Å²) in [5.74, 6) is -0.338. The van der Waals surface area contributed by atoms with Crippen molar-refractivity contribution in [2.24, 2.45) is 0 Å². The largest absolute Gasteiger partial charge is 0.502 e. The van der Waals surface area contributed by atoms with Crippen molar-refractivity contribution in [1.82, 2.24) is 0 Å². The Hall–Kier alpha value is -1.27. The van der Waals surface area contributed by atoms with E-state index in [4.69, 9.17) is 0 Å². The molecule has 0 fully saturated rings. The first kappa shape index (κ1) is 9.29. The van der Waals surface area contributed by atoms with Gasteiger partial charge < -0.3 is 5.11 Å². The predicted octanol–water partition coefficient (Wildman–Crippen LogP) is 2.80. The number of benzene rings is 1. The molecule has 1 aromatic heterocycles. The predicted molar refractivity (Wildman–Crippen MR) is 57.4 cm³/mol. The molecule has 0 aliphatic carbocycles. The molecule has 0 saturated carbocycles. The summed E-state index contributed by atoms with van der Waals surface area (Å²) in [5, 5.41) is 22.5. The zero-order valence-corrected chi connectivity index (χ0v) is 8.51. The van der Waals surface area contributed by atoms with Crippen molar-refractivity contribution in [3.05, 3.63) is 27.6 Å². The van der Waals surface area contributed by atoms with Crippen molar-refractivity contribution in [2.75, 3.05) is 0 Å². The van der Waals surface area contributed by atoms with Crippen LogP contribution in [0.2, 0.25) is 0 Å². The first-order valence-corrected chi connectivity index (χ1v) is 5.00. The molecule has 72 valence electrons. The molecule has 1 heterocycles. The van der Waals surface area contributed by atoms with E-state index in [0.717, 1.165) is 4.70 Å². The number of thiophene rings is 1. The molecule has 4 nitrogen and oxygen atoms in total. The lowest BCUT2D eigenvalue weighted by molar-refractivity contribution is -0.388. The van der Waals surface area contributed by atoms with E-state index in [0.29, 0.717) is 5.39 Å². The Morgan fingerprint density at radius 1 is 1.57 bits per heavy atom. The van der Waals surface area contributed by atoms with Gasteiger partial charge in [0, 0.05) is 16.2 Å². The highest BCUT2D eigenvalue weighted by Gasteiger charge is 2.20. The van der Waals surface area contributed by atoms with Gasteiger partial charge in [-0.3, -0.25) is 10.1 Å². The number of nitro benzene ring substituents is 1. The number of fused-ring (bicyclic) bond motifs is 1. The van der Waals surface area contributed by atoms with Crippen molar-refractivity contribution in [3.63, 3.8) is 0 Å². The van der Waals surface area contributed by atoms with E-state index in [1.807, 2.05) is 0 Å². The van der Waals surface area contributed by atoms with Crippen LogP contribution < -0.4 is 0 Å². The number of rotatable bonds is 1. The van der Waals surface area contributed by atoms with Gasteiger partial charge in [-0.15, -0.1) is 24.0 Å². The highest BCUT2D eigenvalue weighted by molar-refractivity contribution is 7.80. The zero-order valence-electron chi connectivity index (χ0n) is 6.80. The maximum absolute atomic E-state index is 10.6. The summed E-state index contributed by atoms with van der Waals surface area (Å²) < 4.78 is 0.790. The number of hydrogen-bond acceptors (Lipinski definition) is 5. The Balaban J connectivity index is 2.89. The Morgan fingerprint density at radius 3 is 2.93 bits per heavy atom. The van der Waals surface area contributed by atoms with Crippen LogP contribution in [0.15, 0.2) is 22.4 Å². The number of phenols is 1. The average Bonchev–Trinajstić information content (AvgIpc) is 2.50. The SMILES string of the molecule is O=[N+]([O-])c1c(O)cc2sccc2c1S. The van der Waals surface area contributed by atoms with Gasteiger partial charge in [0.2, 0.25) is 0 Å². The Morgan fingerprint density at radius 2 is 2.29 bits per heavy atom. The van der Waals surface area contributed by atoms with Gasteiger partial charge in [0.1, 0.15) is 0 Å². The minimum Gasteiger partial charge on any atom is -0.502 e. The third kappa shape index (κ3) is 1.23. The highest BCUT2D eigenvalue weighted by atomic mass is 32.1. The molecular weight excluding hydrogens is 222 g/mol. The Kier molecular flexibility index (Phi) is 2.09. The van der Waals surface area contributed by atoms with Crippen LogP contribution in [0.4, 0.5) is 5.69 Å². The molecule has 1 aromatic carbocycles. The van der Waals surface area contributed by atoms with Crippen LogP contribution in [0.25, 0.3) is 10.1 Å². The second-order valence-corrected chi connectivity index (χ2v) is 4.08. The number of hydrogen-bond donors (Lipinski definition) is 2. The monoisotopic (exact) mass is 227 g/mol. The summed E-state index contributed by atoms with van der Waals surface area (Å²) in [5.41, 5.74) is -0.334. The third-order valence-corrected chi connectivity index (χ3v) is 3.18. The van der Waals surface area contributed by atoms with E-state index in [-0.39, 0.29) is 16.3 Å². The Bertz CT molecular complexity index is 521. The lowest BCUT2D eigenvalue weighted by Gasteiger charge is -2.00. The third-order valence-electron chi connectivity index (χ3n) is 1.87. The van der Waals surface area contributed by atoms with E-state index in [1.54, 1.807) is 11.4 Å². The number of nitro groups is 1. The van der Waals surface area contributed by atoms with Gasteiger partial charge in [-0.2, -0.15) is 0 Å². The van der Waals surface area contributed by atoms with Crippen LogP contribution in [-0.2, 0) is 0 Å². The Labute approximate surface area is 88.4 Å². The van der Waals surface area contributed by atoms with Gasteiger partial charge >= 0.3 is 5.69 Å². The molecule has 0 amide bonds. The van der Waals surface area contributed by atoms with Crippen LogP contribution in [0.1, 0.15) is 0 Å². The molecule has 0 saturated heterocycles. The summed E-state index contributed by atoms with van der Waals surface area (Å²) in [6.07, 6.45) is 0. The highest BCUT2D eigenvalue weighted by Crippen LogP contribution is 2.40. The molecule has 6 heteroatoms. The lowest BCUT2D eigenvalue weighted by atomic mass is 10.2. The number of aromatic hydroxyl groups is 1. The quantitative estimate of drug-likeness (QED) is 0.447. The maximum Gasteiger partial charge on any atom is 0.324 e. The summed E-state index contributed by atoms with van der Waals surface area (Å²) in [6, 6.07) is 3.13. The molecule has 0 atom stereocenters. The van der Waals surface area contributed by atoms with Gasteiger partial charge in [0.25, 0.3) is 0 Å². The van der Waals surface area contributed by atoms with E-state index in [1.165, 1.54) is 17.4 Å². The minimum atomic E-state index is -0.630. The van der Waals surface area contributed by atoms with Crippen LogP contribution in [0, 0.1) is 10.1 Å². The van der Waals surface area contributed by atoms with E-state index in [9.17, 15) is 15.2 Å². The minimum absolute atomic E-state index is 0.214. The standard InChI is InChI=1S/C8H5NO3S2/c10-5-3-6-4(1-2-14-6)8(13)7(5)9(11)12/h1-3,10,13H. The van der Waals surface area contributed by atoms with Gasteiger partial charge in [-0.05, 0) is 11.4 Å². The lowest BCUT2D eigenvalue weighted by Crippen LogP contribution is -1.90. The smallest absolute Gasteiger partial charge is 0.324 e. The fourth-order valence-electron chi connectivity index (χ4n) is 1.25. The fourth-order valence-corrected chi connectivity index (χ4v) is 2.54. The second-order valence-electron chi connectivity index (χ2n) is 2.68. The molecule has 2 aromatic rings. The molecule has 0 bridgehead atoms. The van der Waals surface area contributed by atoms with Crippen molar-refractivity contribution < 1.29 is 10.0 Å². The number of phenolic OH excluding ortho intramolecular Hbond substituents is 1. The molecule has 0 aliphatic rings. The summed E-state index contributed by atoms with van der Waals surface area (Å²) in [4.78, 5) is 10.2. The molecular formula is C8H5NO3S2. The zero-order chi connectivity index (χ0) is 10.3. The van der Waals surface area contributed by atoms with Crippen LogP contribution in [0.5, 0.6) is 5.75 Å². The second kappa shape index (κ2) is 3.14. The summed E-state index contributed by atoms with van der Waals surface area (Å²) in [7, 11) is 0. The molecule has 1 N–H and O–H groups in total. The van der Waals surface area contributed by atoms with Gasteiger partial charge in [0.05, 0.1) is 9.82 Å². The molecule has 2 rings (SSSR count).